The van der Waals surface area contributed by atoms with Gasteiger partial charge in [0.2, 0.25) is 10.0 Å². The van der Waals surface area contributed by atoms with Crippen LogP contribution in [0.15, 0.2) is 47.4 Å². The summed E-state index contributed by atoms with van der Waals surface area (Å²) < 4.78 is 42.1. The molecule has 0 radical (unpaired) electrons. The Kier molecular flexibility index (Phi) is 6.26. The Morgan fingerprint density at radius 1 is 1.22 bits per heavy atom. The first-order valence-corrected chi connectivity index (χ1v) is 10.5. The molecule has 0 spiro atoms. The maximum atomic E-state index is 13.8. The van der Waals surface area contributed by atoms with Crippen LogP contribution in [0.2, 0.25) is 0 Å². The molecule has 0 saturated heterocycles. The van der Waals surface area contributed by atoms with E-state index in [1.165, 1.54) is 6.07 Å². The molecular weight excluding hydrogens is 367 g/mol. The monoisotopic (exact) mass is 392 g/mol. The van der Waals surface area contributed by atoms with Crippen molar-refractivity contribution in [2.75, 3.05) is 26.7 Å². The minimum Gasteiger partial charge on any atom is -0.396 e. The number of nitrogens with one attached hydrogen (secondary N) is 1. The largest absolute Gasteiger partial charge is 0.396 e. The van der Waals surface area contributed by atoms with Gasteiger partial charge in [0.25, 0.3) is 0 Å². The molecule has 1 aliphatic rings. The number of hydrogen-bond acceptors (Lipinski definition) is 4. The zero-order chi connectivity index (χ0) is 19.4. The van der Waals surface area contributed by atoms with Gasteiger partial charge in [-0.15, -0.1) is 0 Å². The van der Waals surface area contributed by atoms with Gasteiger partial charge in [-0.25, -0.2) is 17.5 Å². The predicted molar refractivity (Wildman–Crippen MR) is 102 cm³/mol. The number of aliphatic hydroxyl groups excluding tert-OH is 1. The maximum Gasteiger partial charge on any atom is 0.240 e. The fourth-order valence-electron chi connectivity index (χ4n) is 3.45. The highest BCUT2D eigenvalue weighted by atomic mass is 32.2. The lowest BCUT2D eigenvalue weighted by Gasteiger charge is -2.26. The number of sulfonamides is 1. The van der Waals surface area contributed by atoms with Crippen molar-refractivity contribution in [3.05, 3.63) is 65.0 Å². The fraction of sp³-hybridized carbons (Fsp3) is 0.400. The second kappa shape index (κ2) is 8.48. The van der Waals surface area contributed by atoms with Gasteiger partial charge in [0.05, 0.1) is 4.90 Å². The molecule has 7 heteroatoms. The topological polar surface area (TPSA) is 69.6 Å². The van der Waals surface area contributed by atoms with Crippen LogP contribution in [0.1, 0.15) is 16.7 Å². The molecule has 1 heterocycles. The molecule has 2 aromatic rings. The van der Waals surface area contributed by atoms with Gasteiger partial charge >= 0.3 is 0 Å². The van der Waals surface area contributed by atoms with E-state index in [4.69, 9.17) is 0 Å². The average Bonchev–Trinajstić information content (AvgIpc) is 2.65. The number of fused-ring (bicyclic) bond motifs is 1. The highest BCUT2D eigenvalue weighted by molar-refractivity contribution is 7.89. The van der Waals surface area contributed by atoms with Crippen molar-refractivity contribution in [1.29, 1.82) is 0 Å². The first-order valence-electron chi connectivity index (χ1n) is 9.04. The fourth-order valence-corrected chi connectivity index (χ4v) is 4.87. The Balaban J connectivity index is 1.73. The first kappa shape index (κ1) is 19.9. The molecule has 2 aromatic carbocycles. The third-order valence-corrected chi connectivity index (χ3v) is 6.50. The lowest BCUT2D eigenvalue weighted by atomic mass is 10.00. The summed E-state index contributed by atoms with van der Waals surface area (Å²) in [5, 5.41) is 9.60. The zero-order valence-electron chi connectivity index (χ0n) is 15.4. The van der Waals surface area contributed by atoms with Crippen molar-refractivity contribution in [3.63, 3.8) is 0 Å². The maximum absolute atomic E-state index is 13.8. The van der Waals surface area contributed by atoms with Crippen LogP contribution in [-0.2, 0) is 29.4 Å². The molecule has 0 bridgehead atoms. The van der Waals surface area contributed by atoms with E-state index in [0.717, 1.165) is 24.2 Å². The van der Waals surface area contributed by atoms with E-state index in [9.17, 15) is 17.9 Å². The van der Waals surface area contributed by atoms with Crippen LogP contribution < -0.4 is 4.72 Å². The molecule has 0 saturated carbocycles. The van der Waals surface area contributed by atoms with Crippen LogP contribution in [0, 0.1) is 11.7 Å². The van der Waals surface area contributed by atoms with Crippen molar-refractivity contribution in [2.24, 2.45) is 5.92 Å². The van der Waals surface area contributed by atoms with Crippen molar-refractivity contribution in [3.8, 4) is 0 Å². The third kappa shape index (κ3) is 4.73. The van der Waals surface area contributed by atoms with Gasteiger partial charge in [0.1, 0.15) is 5.82 Å². The lowest BCUT2D eigenvalue weighted by molar-refractivity contribution is 0.226. The quantitative estimate of drug-likeness (QED) is 0.756. The molecule has 27 heavy (non-hydrogen) atoms. The summed E-state index contributed by atoms with van der Waals surface area (Å²) in [7, 11) is -1.69. The molecule has 3 rings (SSSR count). The van der Waals surface area contributed by atoms with Gasteiger partial charge in [-0.2, -0.15) is 0 Å². The molecule has 5 nitrogen and oxygen atoms in total. The Labute approximate surface area is 159 Å². The Morgan fingerprint density at radius 2 is 2.00 bits per heavy atom. The Hall–Kier alpha value is -1.80. The van der Waals surface area contributed by atoms with Crippen molar-refractivity contribution in [2.45, 2.75) is 24.3 Å². The Bertz CT molecular complexity index is 902. The van der Waals surface area contributed by atoms with Crippen LogP contribution in [0.25, 0.3) is 0 Å². The summed E-state index contributed by atoms with van der Waals surface area (Å²) in [5.74, 6) is -0.748. The van der Waals surface area contributed by atoms with Crippen LogP contribution in [0.4, 0.5) is 4.39 Å². The summed E-state index contributed by atoms with van der Waals surface area (Å²) in [6.07, 6.45) is 0.949. The van der Waals surface area contributed by atoms with Gasteiger partial charge in [-0.05, 0) is 54.6 Å². The van der Waals surface area contributed by atoms with Crippen LogP contribution >= 0.6 is 0 Å². The van der Waals surface area contributed by atoms with Crippen LogP contribution in [0.5, 0.6) is 0 Å². The van der Waals surface area contributed by atoms with E-state index >= 15 is 0 Å². The van der Waals surface area contributed by atoms with Crippen molar-refractivity contribution < 1.29 is 17.9 Å². The second-order valence-corrected chi connectivity index (χ2v) is 8.81. The smallest absolute Gasteiger partial charge is 0.240 e. The number of rotatable bonds is 7. The molecular formula is C20H25FN2O3S. The molecule has 1 unspecified atom stereocenters. The molecule has 1 atom stereocenters. The highest BCUT2D eigenvalue weighted by Gasteiger charge is 2.24. The van der Waals surface area contributed by atoms with E-state index in [-0.39, 0.29) is 25.4 Å². The number of benzene rings is 2. The molecule has 0 amide bonds. The minimum atomic E-state index is -3.70. The predicted octanol–water partition coefficient (Wildman–Crippen LogP) is 1.94. The minimum absolute atomic E-state index is 0.0523. The summed E-state index contributed by atoms with van der Waals surface area (Å²) in [6, 6.07) is 11.7. The molecule has 2 N–H and O–H groups in total. The SMILES string of the molecule is CN1CCc2c(cccc2S(=O)(=O)NCC(CO)Cc2ccccc2F)C1. The number of likely N-dealkylation sites (N-methyl/N-ethyl adjacent to an activating group) is 1. The molecule has 0 aliphatic carbocycles. The molecule has 0 aromatic heterocycles. The number of nitrogens with zero attached hydrogens (tertiary/aromatic N) is 1. The van der Waals surface area contributed by atoms with E-state index < -0.39 is 15.9 Å². The normalized spacial score (nSPS) is 16.1. The van der Waals surface area contributed by atoms with Crippen molar-refractivity contribution >= 4 is 10.0 Å². The second-order valence-electron chi connectivity index (χ2n) is 7.08. The summed E-state index contributed by atoms with van der Waals surface area (Å²) in [6.45, 7) is 1.36. The summed E-state index contributed by atoms with van der Waals surface area (Å²) in [5.41, 5.74) is 2.35. The van der Waals surface area contributed by atoms with E-state index in [1.807, 2.05) is 13.1 Å². The number of halogens is 1. The number of aliphatic hydroxyl groups is 1. The molecule has 0 fully saturated rings. The average molecular weight is 392 g/mol. The molecule has 146 valence electrons. The van der Waals surface area contributed by atoms with Gasteiger partial charge in [0.15, 0.2) is 0 Å². The van der Waals surface area contributed by atoms with Crippen molar-refractivity contribution in [1.82, 2.24) is 9.62 Å². The summed E-state index contributed by atoms with van der Waals surface area (Å²) in [4.78, 5) is 2.46. The first-order chi connectivity index (χ1) is 12.9. The van der Waals surface area contributed by atoms with E-state index in [0.29, 0.717) is 16.9 Å². The third-order valence-electron chi connectivity index (χ3n) is 4.99. The van der Waals surface area contributed by atoms with Gasteiger partial charge in [-0.1, -0.05) is 30.3 Å². The highest BCUT2D eigenvalue weighted by Crippen LogP contribution is 2.25. The van der Waals surface area contributed by atoms with Gasteiger partial charge in [0, 0.05) is 26.2 Å². The van der Waals surface area contributed by atoms with Crippen LogP contribution in [0.3, 0.4) is 0 Å². The Morgan fingerprint density at radius 3 is 2.74 bits per heavy atom. The van der Waals surface area contributed by atoms with E-state index in [2.05, 4.69) is 9.62 Å². The van der Waals surface area contributed by atoms with Gasteiger partial charge < -0.3 is 10.0 Å². The van der Waals surface area contributed by atoms with Gasteiger partial charge in [-0.3, -0.25) is 0 Å². The summed E-state index contributed by atoms with van der Waals surface area (Å²) >= 11 is 0. The number of hydrogen-bond donors (Lipinski definition) is 2. The zero-order valence-corrected chi connectivity index (χ0v) is 16.2. The lowest BCUT2D eigenvalue weighted by Crippen LogP contribution is -2.34. The van der Waals surface area contributed by atoms with E-state index in [1.54, 1.807) is 30.3 Å². The standard InChI is InChI=1S/C20H25FN2O3S/c1-23-10-9-18-17(13-23)6-4-8-20(18)27(25,26)22-12-15(14-24)11-16-5-2-3-7-19(16)21/h2-8,15,22,24H,9-14H2,1H3. The van der Waals surface area contributed by atoms with Crippen LogP contribution in [-0.4, -0.2) is 45.2 Å². The molecule has 1 aliphatic heterocycles.